The van der Waals surface area contributed by atoms with Gasteiger partial charge < -0.3 is 4.42 Å². The molecular formula is C16H13F2N5O3S. The van der Waals surface area contributed by atoms with E-state index in [1.165, 1.54) is 22.9 Å². The lowest BCUT2D eigenvalue weighted by molar-refractivity contribution is 0.438. The van der Waals surface area contributed by atoms with Gasteiger partial charge >= 0.3 is 0 Å². The molecule has 0 amide bonds. The molecule has 1 aromatic carbocycles. The van der Waals surface area contributed by atoms with Crippen LogP contribution >= 0.6 is 0 Å². The van der Waals surface area contributed by atoms with Crippen molar-refractivity contribution in [1.82, 2.24) is 24.5 Å². The summed E-state index contributed by atoms with van der Waals surface area (Å²) in [5, 5.41) is 7.89. The summed E-state index contributed by atoms with van der Waals surface area (Å²) in [6, 6.07) is 2.51. The van der Waals surface area contributed by atoms with Crippen molar-refractivity contribution in [2.45, 2.75) is 17.2 Å². The zero-order valence-electron chi connectivity index (χ0n) is 13.8. The van der Waals surface area contributed by atoms with Crippen LogP contribution in [0.5, 0.6) is 0 Å². The van der Waals surface area contributed by atoms with E-state index < -0.39 is 21.7 Å². The molecule has 11 heteroatoms. The van der Waals surface area contributed by atoms with Crippen LogP contribution in [0.25, 0.3) is 11.6 Å². The van der Waals surface area contributed by atoms with Crippen LogP contribution in [0.4, 0.5) is 8.78 Å². The second-order valence-corrected chi connectivity index (χ2v) is 7.90. The third-order valence-electron chi connectivity index (χ3n) is 4.25. The minimum absolute atomic E-state index is 0.101. The molecule has 0 bridgehead atoms. The van der Waals surface area contributed by atoms with Gasteiger partial charge in [0.25, 0.3) is 5.89 Å². The van der Waals surface area contributed by atoms with Gasteiger partial charge in [-0.2, -0.15) is 4.31 Å². The van der Waals surface area contributed by atoms with Crippen LogP contribution in [0.1, 0.15) is 18.2 Å². The summed E-state index contributed by atoms with van der Waals surface area (Å²) in [4.78, 5) is 7.69. The maximum atomic E-state index is 13.4. The summed E-state index contributed by atoms with van der Waals surface area (Å²) in [6.07, 6.45) is 4.94. The van der Waals surface area contributed by atoms with Gasteiger partial charge in [-0.1, -0.05) is 0 Å². The van der Waals surface area contributed by atoms with E-state index >= 15 is 0 Å². The van der Waals surface area contributed by atoms with Gasteiger partial charge in [-0.15, -0.1) is 10.2 Å². The Morgan fingerprint density at radius 2 is 2.00 bits per heavy atom. The predicted molar refractivity (Wildman–Crippen MR) is 87.8 cm³/mol. The molecule has 27 heavy (non-hydrogen) atoms. The fourth-order valence-corrected chi connectivity index (χ4v) is 4.36. The van der Waals surface area contributed by atoms with Crippen molar-refractivity contribution in [3.8, 4) is 11.6 Å². The molecule has 2 aromatic heterocycles. The van der Waals surface area contributed by atoms with Crippen LogP contribution < -0.4 is 0 Å². The second kappa shape index (κ2) is 6.74. The first-order chi connectivity index (χ1) is 12.9. The zero-order valence-corrected chi connectivity index (χ0v) is 14.6. The maximum absolute atomic E-state index is 13.4. The largest absolute Gasteiger partial charge is 0.419 e. The fourth-order valence-electron chi connectivity index (χ4n) is 2.85. The first-order valence-electron chi connectivity index (χ1n) is 8.00. The fraction of sp³-hybridized carbons (Fsp3) is 0.250. The highest BCUT2D eigenvalue weighted by Gasteiger charge is 2.36. The van der Waals surface area contributed by atoms with Crippen LogP contribution in [0.2, 0.25) is 0 Å². The lowest BCUT2D eigenvalue weighted by Crippen LogP contribution is -2.28. The van der Waals surface area contributed by atoms with Gasteiger partial charge in [0.2, 0.25) is 15.9 Å². The van der Waals surface area contributed by atoms with Gasteiger partial charge in [0.15, 0.2) is 11.6 Å². The molecule has 8 nitrogen and oxygen atoms in total. The number of sulfonamides is 1. The van der Waals surface area contributed by atoms with Crippen LogP contribution in [0.15, 0.2) is 46.1 Å². The van der Waals surface area contributed by atoms with Crippen molar-refractivity contribution >= 4 is 10.0 Å². The number of aromatic nitrogens is 4. The highest BCUT2D eigenvalue weighted by atomic mass is 32.2. The molecule has 0 radical (unpaired) electrons. The second-order valence-electron chi connectivity index (χ2n) is 5.96. The smallest absolute Gasteiger partial charge is 0.267 e. The predicted octanol–water partition coefficient (Wildman–Crippen LogP) is 1.98. The number of halogens is 2. The number of hydrogen-bond acceptors (Lipinski definition) is 7. The molecule has 0 N–H and O–H groups in total. The Morgan fingerprint density at radius 3 is 2.74 bits per heavy atom. The van der Waals surface area contributed by atoms with Crippen molar-refractivity contribution in [1.29, 1.82) is 0 Å². The lowest BCUT2D eigenvalue weighted by Gasteiger charge is -2.16. The van der Waals surface area contributed by atoms with Gasteiger partial charge in [0.05, 0.1) is 17.0 Å². The average molecular weight is 393 g/mol. The van der Waals surface area contributed by atoms with E-state index in [1.54, 1.807) is 0 Å². The standard InChI is InChI=1S/C16H13F2N5O3S/c17-12-2-1-11(7-13(12)18)27(24,25)23-6-3-10(9-23)15-21-22-16(26-15)14-8-19-4-5-20-14/h1-2,4-5,7-8,10H,3,6,9H2/t10-/m1/s1. The molecule has 0 spiro atoms. The average Bonchev–Trinajstić information content (AvgIpc) is 3.34. The van der Waals surface area contributed by atoms with Crippen LogP contribution in [0, 0.1) is 11.6 Å². The van der Waals surface area contributed by atoms with E-state index in [-0.39, 0.29) is 29.8 Å². The van der Waals surface area contributed by atoms with Crippen molar-refractivity contribution in [2.75, 3.05) is 13.1 Å². The Hall–Kier alpha value is -2.79. The van der Waals surface area contributed by atoms with Gasteiger partial charge in [-0.05, 0) is 24.6 Å². The summed E-state index contributed by atoms with van der Waals surface area (Å²) in [6.45, 7) is 0.304. The monoisotopic (exact) mass is 393 g/mol. The molecule has 1 aliphatic heterocycles. The van der Waals surface area contributed by atoms with Crippen LogP contribution in [0.3, 0.4) is 0 Å². The molecule has 1 atom stereocenters. The third kappa shape index (κ3) is 3.30. The molecule has 0 aliphatic carbocycles. The number of nitrogens with zero attached hydrogens (tertiary/aromatic N) is 5. The molecule has 1 aliphatic rings. The highest BCUT2D eigenvalue weighted by Crippen LogP contribution is 2.31. The number of rotatable bonds is 4. The molecular weight excluding hydrogens is 380 g/mol. The van der Waals surface area contributed by atoms with E-state index in [2.05, 4.69) is 20.2 Å². The van der Waals surface area contributed by atoms with Gasteiger partial charge in [0, 0.05) is 25.5 Å². The van der Waals surface area contributed by atoms with Crippen molar-refractivity contribution in [3.05, 3.63) is 54.3 Å². The number of hydrogen-bond donors (Lipinski definition) is 0. The number of benzene rings is 1. The van der Waals surface area contributed by atoms with Crippen molar-refractivity contribution in [2.24, 2.45) is 0 Å². The first-order valence-corrected chi connectivity index (χ1v) is 9.44. The van der Waals surface area contributed by atoms with E-state index in [0.717, 1.165) is 12.1 Å². The summed E-state index contributed by atoms with van der Waals surface area (Å²) >= 11 is 0. The summed E-state index contributed by atoms with van der Waals surface area (Å²) in [5.41, 5.74) is 0.417. The Kier molecular flexibility index (Phi) is 4.40. The SMILES string of the molecule is O=S(=O)(c1ccc(F)c(F)c1)N1CC[C@@H](c2nnc(-c3cnccn3)o2)C1. The Balaban J connectivity index is 1.53. The molecule has 1 saturated heterocycles. The maximum Gasteiger partial charge on any atom is 0.267 e. The Morgan fingerprint density at radius 1 is 1.15 bits per heavy atom. The van der Waals surface area contributed by atoms with Crippen molar-refractivity contribution in [3.63, 3.8) is 0 Å². The molecule has 3 heterocycles. The summed E-state index contributed by atoms with van der Waals surface area (Å²) in [5.74, 6) is -2.13. The molecule has 1 fully saturated rings. The van der Waals surface area contributed by atoms with Gasteiger partial charge in [0.1, 0.15) is 5.69 Å². The van der Waals surface area contributed by atoms with Gasteiger partial charge in [-0.25, -0.2) is 22.2 Å². The first kappa shape index (κ1) is 17.6. The van der Waals surface area contributed by atoms with Crippen LogP contribution in [-0.4, -0.2) is 46.0 Å². The summed E-state index contributed by atoms with van der Waals surface area (Å²) in [7, 11) is -3.95. The molecule has 4 rings (SSSR count). The van der Waals surface area contributed by atoms with E-state index in [4.69, 9.17) is 4.42 Å². The Bertz CT molecular complexity index is 1070. The van der Waals surface area contributed by atoms with E-state index in [1.807, 2.05) is 0 Å². The minimum Gasteiger partial charge on any atom is -0.419 e. The molecule has 0 unspecified atom stereocenters. The lowest BCUT2D eigenvalue weighted by atomic mass is 10.1. The van der Waals surface area contributed by atoms with E-state index in [0.29, 0.717) is 24.1 Å². The minimum atomic E-state index is -3.95. The third-order valence-corrected chi connectivity index (χ3v) is 6.11. The van der Waals surface area contributed by atoms with E-state index in [9.17, 15) is 17.2 Å². The highest BCUT2D eigenvalue weighted by molar-refractivity contribution is 7.89. The molecule has 3 aromatic rings. The molecule has 140 valence electrons. The summed E-state index contributed by atoms with van der Waals surface area (Å²) < 4.78 is 58.6. The normalized spacial score (nSPS) is 18.1. The zero-order chi connectivity index (χ0) is 19.0. The Labute approximate surface area is 152 Å². The quantitative estimate of drug-likeness (QED) is 0.668. The molecule has 0 saturated carbocycles. The van der Waals surface area contributed by atoms with Gasteiger partial charge in [-0.3, -0.25) is 4.98 Å². The van der Waals surface area contributed by atoms with Crippen LogP contribution in [-0.2, 0) is 10.0 Å². The van der Waals surface area contributed by atoms with Crippen molar-refractivity contribution < 1.29 is 21.6 Å². The topological polar surface area (TPSA) is 102 Å².